The summed E-state index contributed by atoms with van der Waals surface area (Å²) >= 11 is 0. The first-order valence-corrected chi connectivity index (χ1v) is 11.1. The standard InChI is InChI=1S/C24H25F3N4O4/c1-17(32)29-11-9-28(10-12-29)16-23(33,24(25,26)27)21-15-30(14-18-5-3-2-4-6-18)22-13-19(31(34)35)7-8-20(21)22/h2-8,13,15,33H,9-12,14,16H2,1H3. The van der Waals surface area contributed by atoms with Crippen LogP contribution in [0.2, 0.25) is 0 Å². The lowest BCUT2D eigenvalue weighted by Gasteiger charge is -2.39. The van der Waals surface area contributed by atoms with Crippen molar-refractivity contribution in [1.82, 2.24) is 14.4 Å². The smallest absolute Gasteiger partial charge is 0.375 e. The van der Waals surface area contributed by atoms with E-state index in [2.05, 4.69) is 0 Å². The van der Waals surface area contributed by atoms with Crippen molar-refractivity contribution in [3.05, 3.63) is 76.0 Å². The quantitative estimate of drug-likeness (QED) is 0.422. The number of hydrogen-bond donors (Lipinski definition) is 1. The molecule has 2 heterocycles. The topological polar surface area (TPSA) is 91.8 Å². The highest BCUT2D eigenvalue weighted by Crippen LogP contribution is 2.44. The molecule has 1 unspecified atom stereocenters. The Kier molecular flexibility index (Phi) is 6.56. The molecule has 0 aliphatic carbocycles. The first kappa shape index (κ1) is 24.7. The molecule has 1 aromatic heterocycles. The van der Waals surface area contributed by atoms with Gasteiger partial charge >= 0.3 is 6.18 Å². The summed E-state index contributed by atoms with van der Waals surface area (Å²) in [7, 11) is 0. The lowest BCUT2D eigenvalue weighted by atomic mass is 9.91. The minimum absolute atomic E-state index is 0.0914. The maximum absolute atomic E-state index is 14.5. The number of non-ortho nitro benzene ring substituents is 1. The number of hydrogen-bond acceptors (Lipinski definition) is 5. The Morgan fingerprint density at radius 2 is 1.74 bits per heavy atom. The SMILES string of the molecule is CC(=O)N1CCN(CC(O)(c2cn(Cc3ccccc3)c3cc([N+](=O)[O-])ccc23)C(F)(F)F)CC1. The van der Waals surface area contributed by atoms with Gasteiger partial charge in [0.25, 0.3) is 5.69 Å². The normalized spacial score (nSPS) is 16.9. The number of halogens is 3. The number of amides is 1. The maximum atomic E-state index is 14.5. The van der Waals surface area contributed by atoms with Gasteiger partial charge in [-0.2, -0.15) is 13.2 Å². The second kappa shape index (κ2) is 9.31. The molecule has 11 heteroatoms. The Hall–Kier alpha value is -3.44. The first-order chi connectivity index (χ1) is 16.5. The minimum Gasteiger partial charge on any atom is -0.375 e. The van der Waals surface area contributed by atoms with E-state index in [1.165, 1.54) is 34.7 Å². The van der Waals surface area contributed by atoms with Gasteiger partial charge in [0, 0.05) is 75.5 Å². The van der Waals surface area contributed by atoms with Crippen molar-refractivity contribution in [2.75, 3.05) is 32.7 Å². The van der Waals surface area contributed by atoms with Crippen LogP contribution in [0.15, 0.2) is 54.7 Å². The van der Waals surface area contributed by atoms with Crippen LogP contribution in [0.1, 0.15) is 18.1 Å². The van der Waals surface area contributed by atoms with Gasteiger partial charge in [0.2, 0.25) is 11.5 Å². The monoisotopic (exact) mass is 490 g/mol. The van der Waals surface area contributed by atoms with E-state index in [1.54, 1.807) is 29.2 Å². The summed E-state index contributed by atoms with van der Waals surface area (Å²) in [5, 5.41) is 22.6. The number of nitro benzene ring substituents is 1. The number of alkyl halides is 3. The third-order valence-corrected chi connectivity index (χ3v) is 6.46. The number of nitrogens with zero attached hydrogens (tertiary/aromatic N) is 4. The molecular formula is C24H25F3N4O4. The van der Waals surface area contributed by atoms with Crippen LogP contribution in [0.4, 0.5) is 18.9 Å². The molecule has 1 saturated heterocycles. The molecule has 35 heavy (non-hydrogen) atoms. The average Bonchev–Trinajstić information content (AvgIpc) is 3.17. The Balaban J connectivity index is 1.78. The van der Waals surface area contributed by atoms with Gasteiger partial charge in [-0.15, -0.1) is 0 Å². The predicted octanol–water partition coefficient (Wildman–Crippen LogP) is 3.51. The van der Waals surface area contributed by atoms with Gasteiger partial charge in [0.15, 0.2) is 0 Å². The molecule has 1 aliphatic rings. The van der Waals surface area contributed by atoms with Gasteiger partial charge in [0.05, 0.1) is 10.4 Å². The summed E-state index contributed by atoms with van der Waals surface area (Å²) in [4.78, 5) is 25.3. The molecule has 8 nitrogen and oxygen atoms in total. The number of fused-ring (bicyclic) bond motifs is 1. The number of carbonyl (C=O) groups is 1. The zero-order chi connectivity index (χ0) is 25.4. The molecule has 0 spiro atoms. The molecule has 0 saturated carbocycles. The Bertz CT molecular complexity index is 1240. The third kappa shape index (κ3) is 4.87. The van der Waals surface area contributed by atoms with Gasteiger partial charge in [-0.05, 0) is 11.6 Å². The number of nitro groups is 1. The largest absolute Gasteiger partial charge is 0.422 e. The second-order valence-electron chi connectivity index (χ2n) is 8.76. The van der Waals surface area contributed by atoms with E-state index < -0.39 is 23.2 Å². The molecule has 1 aliphatic heterocycles. The van der Waals surface area contributed by atoms with E-state index in [0.29, 0.717) is 0 Å². The molecule has 1 N–H and O–H groups in total. The van der Waals surface area contributed by atoms with Gasteiger partial charge < -0.3 is 14.6 Å². The van der Waals surface area contributed by atoms with E-state index >= 15 is 0 Å². The van der Waals surface area contributed by atoms with Crippen LogP contribution in [0.25, 0.3) is 10.9 Å². The van der Waals surface area contributed by atoms with Crippen LogP contribution in [0, 0.1) is 10.1 Å². The fraction of sp³-hybridized carbons (Fsp3) is 0.375. The van der Waals surface area contributed by atoms with E-state index in [-0.39, 0.29) is 60.8 Å². The van der Waals surface area contributed by atoms with Gasteiger partial charge in [0.1, 0.15) is 0 Å². The number of aromatic nitrogens is 1. The third-order valence-electron chi connectivity index (χ3n) is 6.46. The van der Waals surface area contributed by atoms with Gasteiger partial charge in [-0.25, -0.2) is 0 Å². The summed E-state index contributed by atoms with van der Waals surface area (Å²) in [6.07, 6.45) is -3.78. The Labute approximate surface area is 199 Å². The molecule has 1 fully saturated rings. The number of rotatable bonds is 6. The summed E-state index contributed by atoms with van der Waals surface area (Å²) in [6, 6.07) is 12.6. The van der Waals surface area contributed by atoms with Crippen molar-refractivity contribution >= 4 is 22.5 Å². The van der Waals surface area contributed by atoms with Crippen molar-refractivity contribution in [2.24, 2.45) is 0 Å². The van der Waals surface area contributed by atoms with Crippen LogP contribution in [0.5, 0.6) is 0 Å². The highest BCUT2D eigenvalue weighted by Gasteiger charge is 2.57. The summed E-state index contributed by atoms with van der Waals surface area (Å²) in [5.74, 6) is -0.152. The summed E-state index contributed by atoms with van der Waals surface area (Å²) in [5.41, 5.74) is -2.82. The molecule has 0 radical (unpaired) electrons. The first-order valence-electron chi connectivity index (χ1n) is 11.1. The molecule has 1 amide bonds. The molecule has 2 aromatic carbocycles. The highest BCUT2D eigenvalue weighted by atomic mass is 19.4. The number of carbonyl (C=O) groups excluding carboxylic acids is 1. The Morgan fingerprint density at radius 1 is 1.09 bits per heavy atom. The lowest BCUT2D eigenvalue weighted by molar-refractivity contribution is -0.384. The van der Waals surface area contributed by atoms with Crippen LogP contribution in [0.3, 0.4) is 0 Å². The molecule has 3 aromatic rings. The second-order valence-corrected chi connectivity index (χ2v) is 8.76. The lowest BCUT2D eigenvalue weighted by Crippen LogP contribution is -2.56. The molecular weight excluding hydrogens is 465 g/mol. The van der Waals surface area contributed by atoms with E-state index in [1.807, 2.05) is 6.07 Å². The van der Waals surface area contributed by atoms with Crippen molar-refractivity contribution in [3.63, 3.8) is 0 Å². The minimum atomic E-state index is -5.02. The number of piperazine rings is 1. The van der Waals surface area contributed by atoms with E-state index in [0.717, 1.165) is 11.6 Å². The van der Waals surface area contributed by atoms with Crippen molar-refractivity contribution in [2.45, 2.75) is 25.2 Å². The van der Waals surface area contributed by atoms with Crippen LogP contribution in [-0.4, -0.2) is 69.2 Å². The average molecular weight is 490 g/mol. The van der Waals surface area contributed by atoms with Crippen LogP contribution < -0.4 is 0 Å². The highest BCUT2D eigenvalue weighted by molar-refractivity contribution is 5.87. The molecule has 1 atom stereocenters. The summed E-state index contributed by atoms with van der Waals surface area (Å²) in [6.45, 7) is 1.77. The summed E-state index contributed by atoms with van der Waals surface area (Å²) < 4.78 is 44.9. The fourth-order valence-corrected chi connectivity index (χ4v) is 4.51. The maximum Gasteiger partial charge on any atom is 0.422 e. The Morgan fingerprint density at radius 3 is 2.31 bits per heavy atom. The predicted molar refractivity (Wildman–Crippen MR) is 123 cm³/mol. The van der Waals surface area contributed by atoms with Crippen LogP contribution in [-0.2, 0) is 16.9 Å². The molecule has 4 rings (SSSR count). The van der Waals surface area contributed by atoms with E-state index in [9.17, 15) is 33.2 Å². The fourth-order valence-electron chi connectivity index (χ4n) is 4.51. The van der Waals surface area contributed by atoms with Gasteiger partial charge in [-0.3, -0.25) is 19.8 Å². The van der Waals surface area contributed by atoms with Crippen molar-refractivity contribution < 1.29 is 28.0 Å². The van der Waals surface area contributed by atoms with Crippen molar-refractivity contribution in [3.8, 4) is 0 Å². The zero-order valence-electron chi connectivity index (χ0n) is 19.0. The molecule has 186 valence electrons. The number of benzene rings is 2. The van der Waals surface area contributed by atoms with Gasteiger partial charge in [-0.1, -0.05) is 30.3 Å². The van der Waals surface area contributed by atoms with Crippen molar-refractivity contribution in [1.29, 1.82) is 0 Å². The number of aliphatic hydroxyl groups is 1. The molecule has 0 bridgehead atoms. The number of β-amino-alcohol motifs (C(OH)–C–C–N with tert-alkyl or cyclic N) is 1. The van der Waals surface area contributed by atoms with E-state index in [4.69, 9.17) is 0 Å². The zero-order valence-corrected chi connectivity index (χ0v) is 19.0. The van der Waals surface area contributed by atoms with Crippen LogP contribution >= 0.6 is 0 Å².